The van der Waals surface area contributed by atoms with Crippen LogP contribution < -0.4 is 11.1 Å². The van der Waals surface area contributed by atoms with Gasteiger partial charge in [-0.15, -0.1) is 24.0 Å². The maximum atomic E-state index is 6.26. The van der Waals surface area contributed by atoms with E-state index in [1.807, 2.05) is 48.5 Å². The Hall–Kier alpha value is -1.31. The predicted molar refractivity (Wildman–Crippen MR) is 121 cm³/mol. The molecule has 6 heteroatoms. The minimum Gasteiger partial charge on any atom is -0.370 e. The summed E-state index contributed by atoms with van der Waals surface area (Å²) in [6.07, 6.45) is 2.29. The van der Waals surface area contributed by atoms with E-state index in [-0.39, 0.29) is 24.0 Å². The second kappa shape index (κ2) is 10.7. The molecule has 140 valence electrons. The quantitative estimate of drug-likeness (QED) is 0.371. The Labute approximate surface area is 177 Å². The monoisotopic (exact) mass is 484 g/mol. The van der Waals surface area contributed by atoms with Crippen molar-refractivity contribution in [3.63, 3.8) is 0 Å². The number of benzene rings is 2. The molecule has 0 aromatic heterocycles. The number of nitrogens with two attached hydrogens (primary N) is 1. The second-order valence-corrected chi connectivity index (χ2v) is 6.94. The zero-order chi connectivity index (χ0) is 17.5. The average Bonchev–Trinajstić information content (AvgIpc) is 2.64. The van der Waals surface area contributed by atoms with E-state index in [0.717, 1.165) is 49.7 Å². The minimum atomic E-state index is 0. The third-order valence-electron chi connectivity index (χ3n) is 4.62. The predicted octanol–water partition coefficient (Wildman–Crippen LogP) is 4.60. The molecular weight excluding hydrogens is 459 g/mol. The molecule has 4 nitrogen and oxygen atoms in total. The molecule has 1 saturated heterocycles. The summed E-state index contributed by atoms with van der Waals surface area (Å²) in [7, 11) is 0. The summed E-state index contributed by atoms with van der Waals surface area (Å²) < 4.78 is 0. The molecule has 2 aromatic rings. The number of hydrogen-bond donors (Lipinski definition) is 2. The molecule has 1 aliphatic heterocycles. The molecule has 3 N–H and O–H groups in total. The van der Waals surface area contributed by atoms with Gasteiger partial charge >= 0.3 is 0 Å². The lowest BCUT2D eigenvalue weighted by atomic mass is 9.96. The van der Waals surface area contributed by atoms with Crippen LogP contribution in [-0.4, -0.2) is 30.5 Å². The molecule has 0 amide bonds. The summed E-state index contributed by atoms with van der Waals surface area (Å²) in [6.45, 7) is 3.87. The van der Waals surface area contributed by atoms with Crippen LogP contribution in [0.1, 0.15) is 18.4 Å². The number of halogens is 2. The Morgan fingerprint density at radius 3 is 2.42 bits per heavy atom. The van der Waals surface area contributed by atoms with E-state index in [2.05, 4.69) is 21.3 Å². The molecule has 1 heterocycles. The molecule has 3 rings (SSSR count). The summed E-state index contributed by atoms with van der Waals surface area (Å²) in [5.74, 6) is 1.09. The van der Waals surface area contributed by atoms with Crippen LogP contribution >= 0.6 is 35.6 Å². The number of anilines is 1. The third kappa shape index (κ3) is 6.45. The fourth-order valence-corrected chi connectivity index (χ4v) is 3.33. The SMILES string of the molecule is I.NC(=NCC1CCN(Cc2ccccc2Cl)CC1)Nc1ccccc1. The third-order valence-corrected chi connectivity index (χ3v) is 4.99. The van der Waals surface area contributed by atoms with Crippen LogP contribution in [0.25, 0.3) is 0 Å². The standard InChI is InChI=1S/C20H25ClN4.HI/c21-19-9-5-4-6-17(19)15-25-12-10-16(11-13-25)14-23-20(22)24-18-7-2-1-3-8-18;/h1-9,16H,10-15H2,(H3,22,23,24);1H. The van der Waals surface area contributed by atoms with Gasteiger partial charge in [0.05, 0.1) is 0 Å². The number of hydrogen-bond acceptors (Lipinski definition) is 2. The zero-order valence-electron chi connectivity index (χ0n) is 14.8. The zero-order valence-corrected chi connectivity index (χ0v) is 17.9. The van der Waals surface area contributed by atoms with Crippen LogP contribution in [0.4, 0.5) is 5.69 Å². The normalized spacial score (nSPS) is 16.1. The lowest BCUT2D eigenvalue weighted by molar-refractivity contribution is 0.180. The Bertz CT molecular complexity index is 700. The van der Waals surface area contributed by atoms with Crippen LogP contribution in [-0.2, 0) is 6.54 Å². The van der Waals surface area contributed by atoms with E-state index in [4.69, 9.17) is 17.3 Å². The number of likely N-dealkylation sites (tertiary alicyclic amines) is 1. The van der Waals surface area contributed by atoms with E-state index in [1.165, 1.54) is 5.56 Å². The molecular formula is C20H26ClIN4. The van der Waals surface area contributed by atoms with Crippen molar-refractivity contribution in [2.75, 3.05) is 25.0 Å². The van der Waals surface area contributed by atoms with E-state index in [9.17, 15) is 0 Å². The van der Waals surface area contributed by atoms with Gasteiger partial charge in [-0.3, -0.25) is 9.89 Å². The van der Waals surface area contributed by atoms with Crippen LogP contribution in [0.5, 0.6) is 0 Å². The highest BCUT2D eigenvalue weighted by Crippen LogP contribution is 2.22. The van der Waals surface area contributed by atoms with Crippen molar-refractivity contribution >= 4 is 47.2 Å². The number of nitrogens with zero attached hydrogens (tertiary/aromatic N) is 2. The maximum absolute atomic E-state index is 6.26. The number of piperidine rings is 1. The first kappa shape index (κ1) is 21.0. The number of guanidine groups is 1. The lowest BCUT2D eigenvalue weighted by Gasteiger charge is -2.31. The van der Waals surface area contributed by atoms with Crippen LogP contribution in [0, 0.1) is 5.92 Å². The fourth-order valence-electron chi connectivity index (χ4n) is 3.13. The van der Waals surface area contributed by atoms with Crippen LogP contribution in [0.2, 0.25) is 5.02 Å². The summed E-state index contributed by atoms with van der Waals surface area (Å²) in [6, 6.07) is 18.0. The topological polar surface area (TPSA) is 53.6 Å². The first-order chi connectivity index (χ1) is 12.2. The molecule has 0 saturated carbocycles. The van der Waals surface area contributed by atoms with Gasteiger partial charge in [-0.05, 0) is 55.6 Å². The molecule has 0 radical (unpaired) electrons. The Balaban J connectivity index is 0.00000243. The molecule has 0 aliphatic carbocycles. The molecule has 2 aromatic carbocycles. The van der Waals surface area contributed by atoms with Gasteiger partial charge < -0.3 is 11.1 Å². The summed E-state index contributed by atoms with van der Waals surface area (Å²) in [5.41, 5.74) is 8.16. The average molecular weight is 485 g/mol. The minimum absolute atomic E-state index is 0. The van der Waals surface area contributed by atoms with Gasteiger partial charge in [-0.25, -0.2) is 0 Å². The van der Waals surface area contributed by atoms with Crippen molar-refractivity contribution in [1.29, 1.82) is 0 Å². The van der Waals surface area contributed by atoms with Gasteiger partial charge in [-0.1, -0.05) is 48.0 Å². The number of rotatable bonds is 5. The van der Waals surface area contributed by atoms with Gasteiger partial charge in [0.25, 0.3) is 0 Å². The maximum Gasteiger partial charge on any atom is 0.193 e. The van der Waals surface area contributed by atoms with Crippen molar-refractivity contribution in [2.24, 2.45) is 16.6 Å². The van der Waals surface area contributed by atoms with E-state index in [1.54, 1.807) is 0 Å². The molecule has 0 spiro atoms. The van der Waals surface area contributed by atoms with Crippen molar-refractivity contribution in [2.45, 2.75) is 19.4 Å². The molecule has 0 bridgehead atoms. The van der Waals surface area contributed by atoms with Gasteiger partial charge in [0.1, 0.15) is 0 Å². The molecule has 0 atom stereocenters. The molecule has 1 aliphatic rings. The number of aliphatic imine (C=N–C) groups is 1. The van der Waals surface area contributed by atoms with Gasteiger partial charge in [0.15, 0.2) is 5.96 Å². The van der Waals surface area contributed by atoms with E-state index < -0.39 is 0 Å². The van der Waals surface area contributed by atoms with E-state index >= 15 is 0 Å². The largest absolute Gasteiger partial charge is 0.370 e. The highest BCUT2D eigenvalue weighted by molar-refractivity contribution is 14.0. The molecule has 0 unspecified atom stereocenters. The van der Waals surface area contributed by atoms with Gasteiger partial charge in [0.2, 0.25) is 0 Å². The fraction of sp³-hybridized carbons (Fsp3) is 0.350. The Morgan fingerprint density at radius 1 is 1.08 bits per heavy atom. The van der Waals surface area contributed by atoms with Crippen LogP contribution in [0.15, 0.2) is 59.6 Å². The van der Waals surface area contributed by atoms with E-state index in [0.29, 0.717) is 11.9 Å². The van der Waals surface area contributed by atoms with Crippen molar-refractivity contribution in [3.05, 3.63) is 65.2 Å². The lowest BCUT2D eigenvalue weighted by Crippen LogP contribution is -2.34. The Morgan fingerprint density at radius 2 is 1.73 bits per heavy atom. The highest BCUT2D eigenvalue weighted by Gasteiger charge is 2.19. The number of nitrogens with one attached hydrogen (secondary N) is 1. The number of para-hydroxylation sites is 1. The van der Waals surface area contributed by atoms with Crippen LogP contribution in [0.3, 0.4) is 0 Å². The first-order valence-corrected chi connectivity index (χ1v) is 9.16. The highest BCUT2D eigenvalue weighted by atomic mass is 127. The summed E-state index contributed by atoms with van der Waals surface area (Å²) in [4.78, 5) is 6.98. The van der Waals surface area contributed by atoms with Crippen molar-refractivity contribution < 1.29 is 0 Å². The molecule has 26 heavy (non-hydrogen) atoms. The smallest absolute Gasteiger partial charge is 0.193 e. The molecule has 1 fully saturated rings. The summed E-state index contributed by atoms with van der Waals surface area (Å²) >= 11 is 6.26. The summed E-state index contributed by atoms with van der Waals surface area (Å²) in [5, 5.41) is 3.99. The van der Waals surface area contributed by atoms with Crippen molar-refractivity contribution in [1.82, 2.24) is 4.90 Å². The Kier molecular flexibility index (Phi) is 8.68. The second-order valence-electron chi connectivity index (χ2n) is 6.53. The van der Waals surface area contributed by atoms with Gasteiger partial charge in [0, 0.05) is 23.8 Å². The van der Waals surface area contributed by atoms with Crippen molar-refractivity contribution in [3.8, 4) is 0 Å². The first-order valence-electron chi connectivity index (χ1n) is 8.78. The van der Waals surface area contributed by atoms with Gasteiger partial charge in [-0.2, -0.15) is 0 Å².